The number of benzene rings is 1. The summed E-state index contributed by atoms with van der Waals surface area (Å²) in [6.45, 7) is 4.12. The van der Waals surface area contributed by atoms with E-state index in [1.54, 1.807) is 0 Å². The molecule has 1 aromatic carbocycles. The fourth-order valence-electron chi connectivity index (χ4n) is 1.47. The molecule has 0 unspecified atom stereocenters. The number of nitrogens with zero attached hydrogens (tertiary/aromatic N) is 2. The zero-order valence-electron chi connectivity index (χ0n) is 8.36. The first-order chi connectivity index (χ1) is 6.70. The van der Waals surface area contributed by atoms with E-state index >= 15 is 0 Å². The van der Waals surface area contributed by atoms with Crippen molar-refractivity contribution >= 4 is 0 Å². The molecule has 0 aromatic heterocycles. The summed E-state index contributed by atoms with van der Waals surface area (Å²) in [5.74, 6) is -0.302. The minimum Gasteiger partial charge on any atom is -0.196 e. The summed E-state index contributed by atoms with van der Waals surface area (Å²) in [6, 6.07) is 11.6. The smallest absolute Gasteiger partial charge is 0.158 e. The zero-order valence-corrected chi connectivity index (χ0v) is 8.36. The highest BCUT2D eigenvalue weighted by atomic mass is 14.3. The summed E-state index contributed by atoms with van der Waals surface area (Å²) >= 11 is 0. The van der Waals surface area contributed by atoms with E-state index in [0.717, 1.165) is 11.1 Å². The van der Waals surface area contributed by atoms with E-state index in [1.807, 2.05) is 36.4 Å². The molecule has 0 aliphatic carbocycles. The van der Waals surface area contributed by atoms with Crippen molar-refractivity contribution in [3.05, 3.63) is 35.4 Å². The Bertz CT molecular complexity index is 380. The molecule has 2 nitrogen and oxygen atoms in total. The van der Waals surface area contributed by atoms with Crippen LogP contribution in [0.1, 0.15) is 36.8 Å². The lowest BCUT2D eigenvalue weighted by molar-refractivity contribution is 0.842. The van der Waals surface area contributed by atoms with Gasteiger partial charge < -0.3 is 0 Å². The van der Waals surface area contributed by atoms with Crippen LogP contribution in [0, 0.1) is 22.7 Å². The lowest BCUT2D eigenvalue weighted by Crippen LogP contribution is -2.00. The topological polar surface area (TPSA) is 47.6 Å². The van der Waals surface area contributed by atoms with Gasteiger partial charge >= 0.3 is 0 Å². The second-order valence-electron chi connectivity index (χ2n) is 3.47. The number of rotatable bonds is 2. The molecule has 2 heteroatoms. The second kappa shape index (κ2) is 4.44. The summed E-state index contributed by atoms with van der Waals surface area (Å²) in [7, 11) is 0. The highest BCUT2D eigenvalue weighted by Gasteiger charge is 2.14. The molecule has 1 aromatic rings. The number of hydrogen-bond donors (Lipinski definition) is 0. The maximum absolute atomic E-state index is 8.81. The lowest BCUT2D eigenvalue weighted by atomic mass is 9.90. The van der Waals surface area contributed by atoms with Gasteiger partial charge in [0, 0.05) is 0 Å². The molecule has 0 fully saturated rings. The maximum atomic E-state index is 8.81. The van der Waals surface area contributed by atoms with Crippen molar-refractivity contribution in [3.8, 4) is 12.1 Å². The van der Waals surface area contributed by atoms with Gasteiger partial charge in [0.05, 0.1) is 12.1 Å². The predicted octanol–water partition coefficient (Wildman–Crippen LogP) is 2.94. The van der Waals surface area contributed by atoms with Gasteiger partial charge in [0.15, 0.2) is 5.92 Å². The SMILES string of the molecule is CC(C)c1ccccc1C(C#N)C#N. The molecule has 0 radical (unpaired) electrons. The van der Waals surface area contributed by atoms with Gasteiger partial charge in [-0.2, -0.15) is 10.5 Å². The second-order valence-corrected chi connectivity index (χ2v) is 3.47. The van der Waals surface area contributed by atoms with Gasteiger partial charge in [0.25, 0.3) is 0 Å². The third-order valence-electron chi connectivity index (χ3n) is 2.19. The van der Waals surface area contributed by atoms with Gasteiger partial charge in [0.1, 0.15) is 0 Å². The molecule has 0 atom stereocenters. The van der Waals surface area contributed by atoms with Crippen molar-refractivity contribution in [1.82, 2.24) is 0 Å². The highest BCUT2D eigenvalue weighted by molar-refractivity contribution is 5.39. The molecule has 70 valence electrons. The summed E-state index contributed by atoms with van der Waals surface area (Å²) in [5.41, 5.74) is 1.92. The Labute approximate surface area is 84.4 Å². The Morgan fingerprint density at radius 3 is 1.93 bits per heavy atom. The van der Waals surface area contributed by atoms with E-state index in [2.05, 4.69) is 13.8 Å². The third kappa shape index (κ3) is 1.92. The first-order valence-electron chi connectivity index (χ1n) is 4.58. The summed E-state index contributed by atoms with van der Waals surface area (Å²) in [5, 5.41) is 17.6. The Morgan fingerprint density at radius 1 is 1.00 bits per heavy atom. The van der Waals surface area contributed by atoms with E-state index < -0.39 is 5.92 Å². The molecule has 0 amide bonds. The van der Waals surface area contributed by atoms with Crippen molar-refractivity contribution < 1.29 is 0 Å². The highest BCUT2D eigenvalue weighted by Crippen LogP contribution is 2.25. The standard InChI is InChI=1S/C12H12N2/c1-9(2)11-5-3-4-6-12(11)10(7-13)8-14/h3-6,9-10H,1-2H3. The average molecular weight is 184 g/mol. The van der Waals surface area contributed by atoms with Crippen LogP contribution in [0.3, 0.4) is 0 Å². The molecule has 0 heterocycles. The normalized spacial score (nSPS) is 9.86. The number of hydrogen-bond acceptors (Lipinski definition) is 2. The molecule has 0 N–H and O–H groups in total. The van der Waals surface area contributed by atoms with Crippen molar-refractivity contribution in [2.75, 3.05) is 0 Å². The van der Waals surface area contributed by atoms with Crippen LogP contribution < -0.4 is 0 Å². The number of nitriles is 2. The van der Waals surface area contributed by atoms with Crippen molar-refractivity contribution in [3.63, 3.8) is 0 Å². The largest absolute Gasteiger partial charge is 0.196 e. The summed E-state index contributed by atoms with van der Waals surface area (Å²) in [6.07, 6.45) is 0. The van der Waals surface area contributed by atoms with Crippen LogP contribution in [-0.4, -0.2) is 0 Å². The van der Waals surface area contributed by atoms with E-state index in [0.29, 0.717) is 5.92 Å². The Morgan fingerprint density at radius 2 is 1.50 bits per heavy atom. The van der Waals surface area contributed by atoms with Gasteiger partial charge in [-0.05, 0) is 17.0 Å². The average Bonchev–Trinajstić information content (AvgIpc) is 2.20. The molecule has 14 heavy (non-hydrogen) atoms. The van der Waals surface area contributed by atoms with Crippen LogP contribution in [0.2, 0.25) is 0 Å². The molecule has 1 rings (SSSR count). The van der Waals surface area contributed by atoms with Gasteiger partial charge in [-0.25, -0.2) is 0 Å². The quantitative estimate of drug-likeness (QED) is 0.709. The van der Waals surface area contributed by atoms with Crippen molar-refractivity contribution in [2.45, 2.75) is 25.7 Å². The van der Waals surface area contributed by atoms with Gasteiger partial charge in [-0.3, -0.25) is 0 Å². The van der Waals surface area contributed by atoms with E-state index in [1.165, 1.54) is 0 Å². The third-order valence-corrected chi connectivity index (χ3v) is 2.19. The van der Waals surface area contributed by atoms with Crippen LogP contribution >= 0.6 is 0 Å². The molecule has 0 aliphatic heterocycles. The van der Waals surface area contributed by atoms with Gasteiger partial charge in [0.2, 0.25) is 0 Å². The van der Waals surface area contributed by atoms with Crippen LogP contribution in [0.4, 0.5) is 0 Å². The molecule has 0 saturated carbocycles. The minimum atomic E-state index is -0.645. The van der Waals surface area contributed by atoms with E-state index in [9.17, 15) is 0 Å². The molecule has 0 aliphatic rings. The maximum Gasteiger partial charge on any atom is 0.158 e. The summed E-state index contributed by atoms with van der Waals surface area (Å²) in [4.78, 5) is 0. The molecular formula is C12H12N2. The summed E-state index contributed by atoms with van der Waals surface area (Å²) < 4.78 is 0. The fraction of sp³-hybridized carbons (Fsp3) is 0.333. The Balaban J connectivity index is 3.22. The lowest BCUT2D eigenvalue weighted by Gasteiger charge is -2.12. The van der Waals surface area contributed by atoms with Crippen LogP contribution in [0.15, 0.2) is 24.3 Å². The van der Waals surface area contributed by atoms with Crippen LogP contribution in [-0.2, 0) is 0 Å². The first-order valence-corrected chi connectivity index (χ1v) is 4.58. The first kappa shape index (κ1) is 10.3. The van der Waals surface area contributed by atoms with E-state index in [-0.39, 0.29) is 0 Å². The fourth-order valence-corrected chi connectivity index (χ4v) is 1.47. The Hall–Kier alpha value is -1.80. The minimum absolute atomic E-state index is 0.343. The van der Waals surface area contributed by atoms with Crippen molar-refractivity contribution in [1.29, 1.82) is 10.5 Å². The predicted molar refractivity (Wildman–Crippen MR) is 54.5 cm³/mol. The Kier molecular flexibility index (Phi) is 3.26. The van der Waals surface area contributed by atoms with Gasteiger partial charge in [-0.1, -0.05) is 38.1 Å². The van der Waals surface area contributed by atoms with Crippen LogP contribution in [0.5, 0.6) is 0 Å². The zero-order chi connectivity index (χ0) is 10.6. The molecule has 0 spiro atoms. The molecule has 0 saturated heterocycles. The van der Waals surface area contributed by atoms with Gasteiger partial charge in [-0.15, -0.1) is 0 Å². The van der Waals surface area contributed by atoms with E-state index in [4.69, 9.17) is 10.5 Å². The van der Waals surface area contributed by atoms with Crippen molar-refractivity contribution in [2.24, 2.45) is 0 Å². The molecular weight excluding hydrogens is 172 g/mol. The molecule has 0 bridgehead atoms. The monoisotopic (exact) mass is 184 g/mol. The van der Waals surface area contributed by atoms with Crippen LogP contribution in [0.25, 0.3) is 0 Å².